The standard InChI is InChI=1S/C32H49N5O/c1-8-14-17-24(11-4)29-30(33-27-21-20-25(22-23(27)7)36(12-5)13-6)31-34-28(19-16-10-3)26(18-15-9-2)32(38)37(31)35-29/h20-22,35H,8-19H2,1-7H3/b29-24+,33-30?. The van der Waals surface area contributed by atoms with E-state index >= 15 is 0 Å². The van der Waals surface area contributed by atoms with Gasteiger partial charge < -0.3 is 4.90 Å². The largest absolute Gasteiger partial charge is 0.372 e. The average Bonchev–Trinajstić information content (AvgIpc) is 3.27. The zero-order valence-electron chi connectivity index (χ0n) is 24.9. The van der Waals surface area contributed by atoms with Crippen LogP contribution in [0.15, 0.2) is 28.0 Å². The van der Waals surface area contributed by atoms with Crippen molar-refractivity contribution in [3.63, 3.8) is 0 Å². The fourth-order valence-electron chi connectivity index (χ4n) is 5.19. The summed E-state index contributed by atoms with van der Waals surface area (Å²) >= 11 is 0. The lowest BCUT2D eigenvalue weighted by molar-refractivity contribution is 0.718. The Bertz CT molecular complexity index is 1380. The van der Waals surface area contributed by atoms with E-state index in [2.05, 4.69) is 76.7 Å². The first-order valence-electron chi connectivity index (χ1n) is 15.0. The minimum absolute atomic E-state index is 0.0387. The lowest BCUT2D eigenvalue weighted by Gasteiger charge is -2.21. The Labute approximate surface area is 228 Å². The molecule has 0 saturated carbocycles. The number of aromatic nitrogens is 3. The molecule has 0 spiro atoms. The topological polar surface area (TPSA) is 65.8 Å². The molecule has 3 aromatic rings. The maximum Gasteiger partial charge on any atom is 0.276 e. The maximum absolute atomic E-state index is 13.8. The highest BCUT2D eigenvalue weighted by atomic mass is 16.1. The molecule has 1 aromatic carbocycles. The highest BCUT2D eigenvalue weighted by Gasteiger charge is 2.17. The van der Waals surface area contributed by atoms with Crippen molar-refractivity contribution in [3.8, 4) is 0 Å². The number of unbranched alkanes of at least 4 members (excludes halogenated alkanes) is 3. The van der Waals surface area contributed by atoms with Crippen molar-refractivity contribution in [1.82, 2.24) is 14.6 Å². The van der Waals surface area contributed by atoms with Crippen LogP contribution in [-0.4, -0.2) is 27.7 Å². The second kappa shape index (κ2) is 14.3. The molecule has 2 aromatic heterocycles. The van der Waals surface area contributed by atoms with Crippen molar-refractivity contribution in [2.24, 2.45) is 4.99 Å². The fourth-order valence-corrected chi connectivity index (χ4v) is 5.19. The number of fused-ring (bicyclic) bond motifs is 1. The molecular weight excluding hydrogens is 470 g/mol. The van der Waals surface area contributed by atoms with Gasteiger partial charge in [0.05, 0.1) is 16.7 Å². The third kappa shape index (κ3) is 6.57. The molecule has 0 aliphatic rings. The predicted molar refractivity (Wildman–Crippen MR) is 161 cm³/mol. The van der Waals surface area contributed by atoms with E-state index in [0.29, 0.717) is 5.65 Å². The molecule has 1 N–H and O–H groups in total. The van der Waals surface area contributed by atoms with Gasteiger partial charge in [-0.3, -0.25) is 9.89 Å². The number of nitrogens with one attached hydrogen (secondary N) is 1. The molecule has 208 valence electrons. The summed E-state index contributed by atoms with van der Waals surface area (Å²) in [6.07, 6.45) is 9.90. The predicted octanol–water partition coefficient (Wildman–Crippen LogP) is 6.56. The van der Waals surface area contributed by atoms with Crippen molar-refractivity contribution in [2.75, 3.05) is 18.0 Å². The number of rotatable bonds is 14. The van der Waals surface area contributed by atoms with E-state index in [1.165, 1.54) is 11.3 Å². The molecule has 6 nitrogen and oxygen atoms in total. The third-order valence-electron chi connectivity index (χ3n) is 7.64. The number of H-pyrrole nitrogens is 1. The third-order valence-corrected chi connectivity index (χ3v) is 7.64. The molecule has 0 amide bonds. The Morgan fingerprint density at radius 1 is 0.974 bits per heavy atom. The molecule has 0 saturated heterocycles. The normalized spacial score (nSPS) is 13.0. The van der Waals surface area contributed by atoms with Gasteiger partial charge in [0, 0.05) is 24.3 Å². The molecular formula is C32H49N5O. The van der Waals surface area contributed by atoms with Crippen molar-refractivity contribution >= 4 is 22.6 Å². The van der Waals surface area contributed by atoms with E-state index in [1.54, 1.807) is 4.52 Å². The van der Waals surface area contributed by atoms with Crippen LogP contribution < -0.4 is 21.2 Å². The summed E-state index contributed by atoms with van der Waals surface area (Å²) in [5, 5.41) is 5.25. The summed E-state index contributed by atoms with van der Waals surface area (Å²) in [5.74, 6) is 0. The zero-order chi connectivity index (χ0) is 27.7. The molecule has 0 radical (unpaired) electrons. The number of aromatic amines is 1. The van der Waals surface area contributed by atoms with Gasteiger partial charge in [0.25, 0.3) is 5.56 Å². The molecule has 0 atom stereocenters. The Kier molecular flexibility index (Phi) is 11.2. The van der Waals surface area contributed by atoms with Crippen molar-refractivity contribution in [3.05, 3.63) is 56.1 Å². The monoisotopic (exact) mass is 519 g/mol. The smallest absolute Gasteiger partial charge is 0.276 e. The molecule has 3 rings (SSSR count). The van der Waals surface area contributed by atoms with E-state index in [9.17, 15) is 4.79 Å². The van der Waals surface area contributed by atoms with Crippen LogP contribution in [0.3, 0.4) is 0 Å². The number of anilines is 1. The van der Waals surface area contributed by atoms with Crippen LogP contribution >= 0.6 is 0 Å². The first-order chi connectivity index (χ1) is 18.4. The van der Waals surface area contributed by atoms with Gasteiger partial charge >= 0.3 is 0 Å². The van der Waals surface area contributed by atoms with Crippen LogP contribution in [0, 0.1) is 6.92 Å². The van der Waals surface area contributed by atoms with Gasteiger partial charge in [-0.1, -0.05) is 47.0 Å². The lowest BCUT2D eigenvalue weighted by Crippen LogP contribution is -2.26. The van der Waals surface area contributed by atoms with E-state index in [1.807, 2.05) is 0 Å². The van der Waals surface area contributed by atoms with Gasteiger partial charge in [0.1, 0.15) is 5.36 Å². The van der Waals surface area contributed by atoms with Crippen molar-refractivity contribution in [1.29, 1.82) is 0 Å². The van der Waals surface area contributed by atoms with Crippen molar-refractivity contribution < 1.29 is 0 Å². The molecule has 0 unspecified atom stereocenters. The van der Waals surface area contributed by atoms with Crippen LogP contribution in [0.25, 0.3) is 11.2 Å². The van der Waals surface area contributed by atoms with Crippen LogP contribution in [0.2, 0.25) is 0 Å². The molecule has 0 aliphatic carbocycles. The summed E-state index contributed by atoms with van der Waals surface area (Å²) in [7, 11) is 0. The second-order valence-corrected chi connectivity index (χ2v) is 10.4. The van der Waals surface area contributed by atoms with Gasteiger partial charge in [-0.25, -0.2) is 9.98 Å². The Balaban J connectivity index is 2.38. The van der Waals surface area contributed by atoms with Crippen LogP contribution in [0.4, 0.5) is 11.4 Å². The maximum atomic E-state index is 13.8. The average molecular weight is 520 g/mol. The highest BCUT2D eigenvalue weighted by Crippen LogP contribution is 2.24. The summed E-state index contributed by atoms with van der Waals surface area (Å²) in [6.45, 7) is 17.2. The Morgan fingerprint density at radius 3 is 2.26 bits per heavy atom. The number of aryl methyl sites for hydroxylation is 2. The van der Waals surface area contributed by atoms with Crippen LogP contribution in [-0.2, 0) is 12.8 Å². The second-order valence-electron chi connectivity index (χ2n) is 10.4. The summed E-state index contributed by atoms with van der Waals surface area (Å²) in [5.41, 5.74) is 7.08. The summed E-state index contributed by atoms with van der Waals surface area (Å²) < 4.78 is 1.68. The first kappa shape index (κ1) is 29.7. The van der Waals surface area contributed by atoms with Gasteiger partial charge in [-0.05, 0) is 95.1 Å². The van der Waals surface area contributed by atoms with Crippen LogP contribution in [0.5, 0.6) is 0 Å². The summed E-state index contributed by atoms with van der Waals surface area (Å²) in [6, 6.07) is 6.49. The molecule has 38 heavy (non-hydrogen) atoms. The minimum atomic E-state index is 0.0387. The van der Waals surface area contributed by atoms with Gasteiger partial charge in [0.15, 0.2) is 5.65 Å². The van der Waals surface area contributed by atoms with Gasteiger partial charge in [0.2, 0.25) is 0 Å². The van der Waals surface area contributed by atoms with E-state index in [4.69, 9.17) is 9.98 Å². The lowest BCUT2D eigenvalue weighted by atomic mass is 10.0. The van der Waals surface area contributed by atoms with Crippen LogP contribution in [0.1, 0.15) is 110 Å². The zero-order valence-corrected chi connectivity index (χ0v) is 24.9. The fraction of sp³-hybridized carbons (Fsp3) is 0.594. The highest BCUT2D eigenvalue weighted by molar-refractivity contribution is 5.59. The Hall–Kier alpha value is -2.89. The van der Waals surface area contributed by atoms with E-state index in [-0.39, 0.29) is 5.56 Å². The molecule has 0 bridgehead atoms. The molecule has 6 heteroatoms. The number of hydrogen-bond donors (Lipinski definition) is 1. The number of nitrogens with zero attached hydrogens (tertiary/aromatic N) is 4. The van der Waals surface area contributed by atoms with Gasteiger partial charge in [-0.15, -0.1) is 0 Å². The first-order valence-corrected chi connectivity index (χ1v) is 15.0. The Morgan fingerprint density at radius 2 is 1.66 bits per heavy atom. The number of hydrogen-bond acceptors (Lipinski definition) is 4. The van der Waals surface area contributed by atoms with Gasteiger partial charge in [-0.2, -0.15) is 4.52 Å². The van der Waals surface area contributed by atoms with Crippen molar-refractivity contribution in [2.45, 2.75) is 113 Å². The SMILES string of the molecule is CCCC/C(CC)=c1/[nH]n2c(=O)c(CCCC)c(CCCC)nc2c1=Nc1ccc(N(CC)CC)cc1C. The molecule has 0 aliphatic heterocycles. The minimum Gasteiger partial charge on any atom is -0.372 e. The summed E-state index contributed by atoms with van der Waals surface area (Å²) in [4.78, 5) is 26.6. The van der Waals surface area contributed by atoms with E-state index in [0.717, 1.165) is 111 Å². The molecule has 2 heterocycles. The quantitative estimate of drug-likeness (QED) is 0.262. The molecule has 0 fully saturated rings. The number of benzene rings is 1. The van der Waals surface area contributed by atoms with E-state index < -0.39 is 0 Å².